The van der Waals surface area contributed by atoms with Gasteiger partial charge in [-0.2, -0.15) is 0 Å². The van der Waals surface area contributed by atoms with E-state index in [9.17, 15) is 33.2 Å². The van der Waals surface area contributed by atoms with E-state index in [1.807, 2.05) is 0 Å². The molecule has 4 N–H and O–H groups in total. The van der Waals surface area contributed by atoms with Crippen molar-refractivity contribution in [1.82, 2.24) is 30.0 Å². The van der Waals surface area contributed by atoms with Gasteiger partial charge < -0.3 is 25.6 Å². The van der Waals surface area contributed by atoms with E-state index in [-0.39, 0.29) is 35.8 Å². The maximum atomic E-state index is 16.0. The van der Waals surface area contributed by atoms with Gasteiger partial charge in [0.15, 0.2) is 0 Å². The largest absolute Gasteiger partial charge is 0.457 e. The lowest BCUT2D eigenvalue weighted by atomic mass is 9.94. The van der Waals surface area contributed by atoms with Gasteiger partial charge in [0.1, 0.15) is 40.4 Å². The topological polar surface area (TPSA) is 199 Å². The number of nitrogens with one attached hydrogen (secondary N) is 4. The first-order valence-corrected chi connectivity index (χ1v) is 24.2. The van der Waals surface area contributed by atoms with Crippen LogP contribution in [0.1, 0.15) is 73.1 Å². The third-order valence-electron chi connectivity index (χ3n) is 14.6. The van der Waals surface area contributed by atoms with Crippen LogP contribution in [0.15, 0.2) is 85.2 Å². The zero-order valence-electron chi connectivity index (χ0n) is 39.4. The summed E-state index contributed by atoms with van der Waals surface area (Å²) in [4.78, 5) is 94.1. The summed E-state index contributed by atoms with van der Waals surface area (Å²) in [6.07, 6.45) is 5.85. The first kappa shape index (κ1) is 47.3. The highest BCUT2D eigenvalue weighted by molar-refractivity contribution is 6.25. The second kappa shape index (κ2) is 19.4. The summed E-state index contributed by atoms with van der Waals surface area (Å²) in [5.74, 6) is -2.27. The Morgan fingerprint density at radius 3 is 2.15 bits per heavy atom. The van der Waals surface area contributed by atoms with Crippen LogP contribution in [0.2, 0.25) is 0 Å². The van der Waals surface area contributed by atoms with Crippen molar-refractivity contribution < 1.29 is 42.3 Å². The van der Waals surface area contributed by atoms with E-state index < -0.39 is 52.7 Å². The fourth-order valence-electron chi connectivity index (χ4n) is 10.3. The summed E-state index contributed by atoms with van der Waals surface area (Å²) in [7, 11) is 0. The van der Waals surface area contributed by atoms with Crippen LogP contribution in [0.4, 0.5) is 31.7 Å². The van der Waals surface area contributed by atoms with Crippen molar-refractivity contribution in [1.29, 1.82) is 0 Å². The summed E-state index contributed by atoms with van der Waals surface area (Å²) >= 11 is 0. The van der Waals surface area contributed by atoms with E-state index >= 15 is 4.39 Å². The number of nitrogens with zero attached hydrogens (tertiary/aromatic N) is 6. The second-order valence-corrected chi connectivity index (χ2v) is 19.3. The molecule has 6 heterocycles. The highest BCUT2D eigenvalue weighted by Crippen LogP contribution is 2.48. The van der Waals surface area contributed by atoms with Crippen LogP contribution in [-0.4, -0.2) is 124 Å². The molecule has 3 atom stereocenters. The highest BCUT2D eigenvalue weighted by atomic mass is 19.1. The van der Waals surface area contributed by atoms with Crippen LogP contribution in [0.3, 0.4) is 0 Å². The number of piperazine rings is 1. The Balaban J connectivity index is 0.691. The lowest BCUT2D eigenvalue weighted by Gasteiger charge is -2.46. The Labute approximate surface area is 408 Å². The van der Waals surface area contributed by atoms with E-state index in [1.54, 1.807) is 42.6 Å². The molecule has 2 aromatic heterocycles. The predicted molar refractivity (Wildman–Crippen MR) is 260 cm³/mol. The Morgan fingerprint density at radius 2 is 1.46 bits per heavy atom. The number of anilines is 4. The zero-order chi connectivity index (χ0) is 49.6. The van der Waals surface area contributed by atoms with Gasteiger partial charge in [-0.15, -0.1) is 0 Å². The van der Waals surface area contributed by atoms with Gasteiger partial charge in [-0.1, -0.05) is 0 Å². The SMILES string of the molecule is C[C@H]1CN(CC2CCN(c3cc4nccc(Oc5ccc(NC(=O)C6(C(=O)Nc7ccc(F)cc7)CC6)cc5)c4cc3F)CC2)[C@@H](C)CN1CCNc1nccc2c1C(=O)N(C1CCC(=O)NC1=O)C2=O. The summed E-state index contributed by atoms with van der Waals surface area (Å²) in [5.41, 5.74) is 1.11. The molecule has 0 radical (unpaired) electrons. The molecule has 0 bridgehead atoms. The molecule has 0 spiro atoms. The number of carbonyl (C=O) groups excluding carboxylic acids is 6. The Bertz CT molecular complexity index is 2930. The molecule has 6 amide bonds. The number of rotatable bonds is 14. The highest BCUT2D eigenvalue weighted by Gasteiger charge is 2.56. The maximum Gasteiger partial charge on any atom is 0.266 e. The maximum absolute atomic E-state index is 16.0. The molecule has 5 aromatic rings. The van der Waals surface area contributed by atoms with Crippen LogP contribution in [-0.2, 0) is 19.2 Å². The number of benzene rings is 3. The number of imide groups is 2. The molecular weight excluding hydrogens is 915 g/mol. The lowest BCUT2D eigenvalue weighted by molar-refractivity contribution is -0.136. The third kappa shape index (κ3) is 9.63. The molecule has 19 heteroatoms. The van der Waals surface area contributed by atoms with Gasteiger partial charge in [-0.05, 0) is 125 Å². The van der Waals surface area contributed by atoms with Crippen molar-refractivity contribution in [3.05, 3.63) is 108 Å². The van der Waals surface area contributed by atoms with E-state index in [0.717, 1.165) is 37.4 Å². The molecular formula is C52H54F2N10O7. The minimum atomic E-state index is -1.20. The van der Waals surface area contributed by atoms with Gasteiger partial charge in [-0.25, -0.2) is 13.8 Å². The predicted octanol–water partition coefficient (Wildman–Crippen LogP) is 6.18. The molecule has 3 aromatic carbocycles. The first-order valence-electron chi connectivity index (χ1n) is 24.2. The molecule has 17 nitrogen and oxygen atoms in total. The van der Waals surface area contributed by atoms with Gasteiger partial charge in [0.2, 0.25) is 23.6 Å². The number of amides is 6. The summed E-state index contributed by atoms with van der Waals surface area (Å²) < 4.78 is 35.5. The second-order valence-electron chi connectivity index (χ2n) is 19.3. The monoisotopic (exact) mass is 968 g/mol. The molecule has 1 unspecified atom stereocenters. The van der Waals surface area contributed by atoms with Crippen molar-refractivity contribution >= 4 is 69.2 Å². The Kier molecular flexibility index (Phi) is 12.9. The number of aromatic nitrogens is 2. The van der Waals surface area contributed by atoms with Crippen molar-refractivity contribution in [3.63, 3.8) is 0 Å². The first-order chi connectivity index (χ1) is 34.2. The number of fused-ring (bicyclic) bond motifs is 2. The van der Waals surface area contributed by atoms with Crippen LogP contribution < -0.4 is 30.9 Å². The fraction of sp³-hybridized carbons (Fsp3) is 0.385. The van der Waals surface area contributed by atoms with Gasteiger partial charge in [0.25, 0.3) is 11.8 Å². The number of halogens is 2. The van der Waals surface area contributed by atoms with Crippen LogP contribution in [0.25, 0.3) is 10.9 Å². The molecule has 10 rings (SSSR count). The molecule has 1 saturated carbocycles. The van der Waals surface area contributed by atoms with Crippen LogP contribution in [0, 0.1) is 23.0 Å². The van der Waals surface area contributed by atoms with E-state index in [2.05, 4.69) is 59.8 Å². The molecule has 4 fully saturated rings. The van der Waals surface area contributed by atoms with Crippen molar-refractivity contribution in [2.45, 2.75) is 70.5 Å². The molecule has 5 aliphatic rings. The third-order valence-corrected chi connectivity index (χ3v) is 14.6. The van der Waals surface area contributed by atoms with Gasteiger partial charge >= 0.3 is 0 Å². The number of hydrogen-bond donors (Lipinski definition) is 4. The Hall–Kier alpha value is -7.38. The minimum Gasteiger partial charge on any atom is -0.457 e. The van der Waals surface area contributed by atoms with E-state index in [4.69, 9.17) is 4.74 Å². The average Bonchev–Trinajstić information content (AvgIpc) is 4.14. The average molecular weight is 969 g/mol. The summed E-state index contributed by atoms with van der Waals surface area (Å²) in [5, 5.41) is 11.6. The fourth-order valence-corrected chi connectivity index (χ4v) is 10.3. The molecule has 3 saturated heterocycles. The number of hydrogen-bond acceptors (Lipinski definition) is 13. The molecule has 71 heavy (non-hydrogen) atoms. The van der Waals surface area contributed by atoms with Gasteiger partial charge in [0, 0.05) is 93.5 Å². The van der Waals surface area contributed by atoms with Gasteiger partial charge in [0.05, 0.1) is 22.3 Å². The molecule has 1 aliphatic carbocycles. The van der Waals surface area contributed by atoms with Crippen LogP contribution in [0.5, 0.6) is 11.5 Å². The zero-order valence-corrected chi connectivity index (χ0v) is 39.4. The van der Waals surface area contributed by atoms with Gasteiger partial charge in [-0.3, -0.25) is 53.8 Å². The normalized spacial score (nSPS) is 21.5. The number of carbonyl (C=O) groups is 6. The smallest absolute Gasteiger partial charge is 0.266 e. The number of pyridine rings is 2. The van der Waals surface area contributed by atoms with Crippen molar-refractivity contribution in [2.24, 2.45) is 11.3 Å². The van der Waals surface area contributed by atoms with Crippen molar-refractivity contribution in [2.75, 3.05) is 66.7 Å². The molecule has 4 aliphatic heterocycles. The van der Waals surface area contributed by atoms with Crippen LogP contribution >= 0.6 is 0 Å². The lowest BCUT2D eigenvalue weighted by Crippen LogP contribution is -2.58. The standard InChI is InChI=1S/C52H54F2N10O7/c1-30-28-63(31(2)27-62(30)24-21-57-46-45-37(13-19-56-46)48(67)64(49(45)68)41-11-12-44(65)60-47(41)66)29-32-15-22-61(23-16-32)42-26-40-38(25-39(42)54)43(14-20-55-40)71-36-9-7-35(8-10-36)59-51(70)52(17-18-52)50(69)58-34-5-3-33(53)4-6-34/h3-10,13-14,19-20,25-26,30-32,41H,11-12,15-18,21-24,27-29H2,1-2H3,(H,56,57)(H,58,69)(H,59,70)(H,60,65,66)/t30-,31-,41?/m0/s1. The van der Waals surface area contributed by atoms with Crippen molar-refractivity contribution in [3.8, 4) is 11.5 Å². The minimum absolute atomic E-state index is 0.0472. The van der Waals surface area contributed by atoms with E-state index in [0.29, 0.717) is 96.3 Å². The Morgan fingerprint density at radius 1 is 0.803 bits per heavy atom. The quantitative estimate of drug-likeness (QED) is 0.0728. The summed E-state index contributed by atoms with van der Waals surface area (Å²) in [6.45, 7) is 9.69. The molecule has 368 valence electrons. The van der Waals surface area contributed by atoms with E-state index in [1.165, 1.54) is 42.6 Å². The number of piperidine rings is 2. The summed E-state index contributed by atoms with van der Waals surface area (Å²) in [6, 6.07) is 18.0. The number of ether oxygens (including phenoxy) is 1.